The minimum absolute atomic E-state index is 0.123. The highest BCUT2D eigenvalue weighted by Gasteiger charge is 2.26. The number of rotatable bonds is 2. The molecular formula is C11H10Cl2N2O2. The highest BCUT2D eigenvalue weighted by Crippen LogP contribution is 2.25. The van der Waals surface area contributed by atoms with Gasteiger partial charge in [-0.1, -0.05) is 29.3 Å². The van der Waals surface area contributed by atoms with Crippen molar-refractivity contribution in [1.29, 1.82) is 0 Å². The summed E-state index contributed by atoms with van der Waals surface area (Å²) < 4.78 is 0. The summed E-state index contributed by atoms with van der Waals surface area (Å²) in [5.74, 6) is -0.533. The Balaban J connectivity index is 2.25. The number of halogens is 2. The number of piperazine rings is 1. The average molecular weight is 273 g/mol. The van der Waals surface area contributed by atoms with Crippen LogP contribution < -0.4 is 5.32 Å². The Morgan fingerprint density at radius 3 is 2.18 bits per heavy atom. The molecule has 1 fully saturated rings. The zero-order valence-electron chi connectivity index (χ0n) is 8.87. The molecule has 4 nitrogen and oxygen atoms in total. The van der Waals surface area contributed by atoms with E-state index in [0.717, 1.165) is 0 Å². The number of carbonyl (C=O) groups is 2. The molecule has 0 radical (unpaired) electrons. The van der Waals surface area contributed by atoms with Crippen molar-refractivity contribution in [3.8, 4) is 0 Å². The number of nitrogens with one attached hydrogen (secondary N) is 1. The maximum absolute atomic E-state index is 11.6. The standard InChI is InChI=1S/C11H10Cl2N2O2/c12-8-2-1-3-9(13)7(8)6-15-10(16)4-14-5-11(15)17/h1-3,14H,4-6H2. The Kier molecular flexibility index (Phi) is 3.66. The van der Waals surface area contributed by atoms with Crippen molar-refractivity contribution in [1.82, 2.24) is 10.2 Å². The van der Waals surface area contributed by atoms with Gasteiger partial charge in [0.25, 0.3) is 0 Å². The minimum atomic E-state index is -0.266. The van der Waals surface area contributed by atoms with Crippen LogP contribution in [0.3, 0.4) is 0 Å². The number of imide groups is 1. The third-order valence-corrected chi connectivity index (χ3v) is 3.24. The van der Waals surface area contributed by atoms with Gasteiger partial charge >= 0.3 is 0 Å². The fourth-order valence-corrected chi connectivity index (χ4v) is 2.14. The van der Waals surface area contributed by atoms with Crippen molar-refractivity contribution in [2.24, 2.45) is 0 Å². The Morgan fingerprint density at radius 1 is 1.12 bits per heavy atom. The lowest BCUT2D eigenvalue weighted by Gasteiger charge is -2.26. The third-order valence-electron chi connectivity index (χ3n) is 2.53. The first-order valence-electron chi connectivity index (χ1n) is 5.06. The summed E-state index contributed by atoms with van der Waals surface area (Å²) in [7, 11) is 0. The van der Waals surface area contributed by atoms with Crippen LogP contribution in [0, 0.1) is 0 Å². The van der Waals surface area contributed by atoms with Gasteiger partial charge in [-0.2, -0.15) is 0 Å². The van der Waals surface area contributed by atoms with Crippen molar-refractivity contribution in [2.45, 2.75) is 6.54 Å². The zero-order chi connectivity index (χ0) is 12.4. The first-order valence-corrected chi connectivity index (χ1v) is 5.82. The van der Waals surface area contributed by atoms with Gasteiger partial charge in [0.05, 0.1) is 19.6 Å². The van der Waals surface area contributed by atoms with Crippen molar-refractivity contribution in [3.05, 3.63) is 33.8 Å². The summed E-state index contributed by atoms with van der Waals surface area (Å²) in [4.78, 5) is 24.3. The van der Waals surface area contributed by atoms with Crippen LogP contribution in [0.1, 0.15) is 5.56 Å². The SMILES string of the molecule is O=C1CNCC(=O)N1Cc1c(Cl)cccc1Cl. The van der Waals surface area contributed by atoms with Gasteiger partial charge < -0.3 is 0 Å². The normalized spacial score (nSPS) is 16.5. The van der Waals surface area contributed by atoms with Crippen LogP contribution in [0.25, 0.3) is 0 Å². The monoisotopic (exact) mass is 272 g/mol. The third kappa shape index (κ3) is 2.60. The molecule has 1 heterocycles. The van der Waals surface area contributed by atoms with Gasteiger partial charge in [0, 0.05) is 15.6 Å². The van der Waals surface area contributed by atoms with E-state index in [9.17, 15) is 9.59 Å². The van der Waals surface area contributed by atoms with E-state index >= 15 is 0 Å². The van der Waals surface area contributed by atoms with Crippen LogP contribution in [0.2, 0.25) is 10.0 Å². The molecule has 6 heteroatoms. The van der Waals surface area contributed by atoms with Gasteiger partial charge in [0.2, 0.25) is 11.8 Å². The molecule has 1 aliphatic heterocycles. The summed E-state index contributed by atoms with van der Waals surface area (Å²) in [6, 6.07) is 5.08. The lowest BCUT2D eigenvalue weighted by Crippen LogP contribution is -2.51. The molecule has 17 heavy (non-hydrogen) atoms. The van der Waals surface area contributed by atoms with Crippen LogP contribution in [0.5, 0.6) is 0 Å². The predicted molar refractivity (Wildman–Crippen MR) is 64.9 cm³/mol. The lowest BCUT2D eigenvalue weighted by atomic mass is 10.2. The van der Waals surface area contributed by atoms with Crippen molar-refractivity contribution < 1.29 is 9.59 Å². The number of hydrogen-bond donors (Lipinski definition) is 1. The quantitative estimate of drug-likeness (QED) is 0.830. The number of carbonyl (C=O) groups excluding carboxylic acids is 2. The van der Waals surface area contributed by atoms with E-state index in [0.29, 0.717) is 15.6 Å². The number of amides is 2. The lowest BCUT2D eigenvalue weighted by molar-refractivity contribution is -0.147. The zero-order valence-corrected chi connectivity index (χ0v) is 10.4. The van der Waals surface area contributed by atoms with Crippen LogP contribution in [0.15, 0.2) is 18.2 Å². The maximum Gasteiger partial charge on any atom is 0.243 e. The summed E-state index contributed by atoms with van der Waals surface area (Å²) in [5, 5.41) is 3.63. The van der Waals surface area contributed by atoms with E-state index in [4.69, 9.17) is 23.2 Å². The fraction of sp³-hybridized carbons (Fsp3) is 0.273. The number of nitrogens with zero attached hydrogens (tertiary/aromatic N) is 1. The van der Waals surface area contributed by atoms with Crippen LogP contribution >= 0.6 is 23.2 Å². The van der Waals surface area contributed by atoms with Crippen molar-refractivity contribution in [3.63, 3.8) is 0 Å². The first kappa shape index (κ1) is 12.4. The summed E-state index contributed by atoms with van der Waals surface area (Å²) >= 11 is 12.0. The molecule has 0 aliphatic carbocycles. The molecule has 0 atom stereocenters. The molecule has 1 aromatic carbocycles. The second-order valence-corrected chi connectivity index (χ2v) is 4.49. The van der Waals surface area contributed by atoms with Crippen molar-refractivity contribution >= 4 is 35.0 Å². The first-order chi connectivity index (χ1) is 8.09. The Labute approximate surface area is 108 Å². The van der Waals surface area contributed by atoms with Crippen LogP contribution in [0.4, 0.5) is 0 Å². The molecule has 0 unspecified atom stereocenters. The van der Waals surface area contributed by atoms with Gasteiger partial charge in [-0.05, 0) is 12.1 Å². The van der Waals surface area contributed by atoms with Gasteiger partial charge in [-0.15, -0.1) is 0 Å². The van der Waals surface area contributed by atoms with Gasteiger partial charge in [0.15, 0.2) is 0 Å². The van der Waals surface area contributed by atoms with Gasteiger partial charge in [0.1, 0.15) is 0 Å². The molecule has 0 bridgehead atoms. The topological polar surface area (TPSA) is 49.4 Å². The van der Waals surface area contributed by atoms with Crippen LogP contribution in [-0.4, -0.2) is 29.8 Å². The predicted octanol–water partition coefficient (Wildman–Crippen LogP) is 1.45. The number of benzene rings is 1. The molecule has 1 saturated heterocycles. The molecule has 0 saturated carbocycles. The molecule has 0 aromatic heterocycles. The van der Waals surface area contributed by atoms with E-state index in [1.54, 1.807) is 18.2 Å². The molecular weight excluding hydrogens is 263 g/mol. The minimum Gasteiger partial charge on any atom is -0.300 e. The van der Waals surface area contributed by atoms with E-state index in [2.05, 4.69) is 5.32 Å². The molecule has 0 spiro atoms. The summed E-state index contributed by atoms with van der Waals surface area (Å²) in [6.07, 6.45) is 0. The molecule has 2 amide bonds. The second-order valence-electron chi connectivity index (χ2n) is 3.68. The molecule has 1 aromatic rings. The average Bonchev–Trinajstić information content (AvgIpc) is 2.27. The smallest absolute Gasteiger partial charge is 0.243 e. The Bertz CT molecular complexity index is 440. The maximum atomic E-state index is 11.6. The van der Waals surface area contributed by atoms with Gasteiger partial charge in [-0.25, -0.2) is 0 Å². The van der Waals surface area contributed by atoms with Gasteiger partial charge in [-0.3, -0.25) is 19.8 Å². The highest BCUT2D eigenvalue weighted by molar-refractivity contribution is 6.36. The van der Waals surface area contributed by atoms with Crippen LogP contribution in [-0.2, 0) is 16.1 Å². The largest absolute Gasteiger partial charge is 0.300 e. The molecule has 90 valence electrons. The van der Waals surface area contributed by atoms with E-state index in [1.165, 1.54) is 4.90 Å². The molecule has 1 N–H and O–H groups in total. The molecule has 2 rings (SSSR count). The highest BCUT2D eigenvalue weighted by atomic mass is 35.5. The molecule has 1 aliphatic rings. The van der Waals surface area contributed by atoms with E-state index in [-0.39, 0.29) is 31.4 Å². The van der Waals surface area contributed by atoms with E-state index < -0.39 is 0 Å². The fourth-order valence-electron chi connectivity index (χ4n) is 1.62. The summed E-state index contributed by atoms with van der Waals surface area (Å²) in [6.45, 7) is 0.444. The Hall–Kier alpha value is -1.10. The Morgan fingerprint density at radius 2 is 1.65 bits per heavy atom. The van der Waals surface area contributed by atoms with E-state index in [1.807, 2.05) is 0 Å². The van der Waals surface area contributed by atoms with Crippen molar-refractivity contribution in [2.75, 3.05) is 13.1 Å². The number of hydrogen-bond acceptors (Lipinski definition) is 3. The summed E-state index contributed by atoms with van der Waals surface area (Å²) in [5.41, 5.74) is 0.597. The second kappa shape index (κ2) is 5.04.